The van der Waals surface area contributed by atoms with Crippen LogP contribution in [0.15, 0.2) is 18.2 Å². The molecule has 0 bridgehead atoms. The molecule has 0 radical (unpaired) electrons. The highest BCUT2D eigenvalue weighted by Gasteiger charge is 2.35. The predicted molar refractivity (Wildman–Crippen MR) is 79.1 cm³/mol. The Morgan fingerprint density at radius 2 is 2.10 bits per heavy atom. The molecule has 118 valence electrons. The van der Waals surface area contributed by atoms with E-state index in [1.807, 2.05) is 19.9 Å². The van der Waals surface area contributed by atoms with E-state index in [4.69, 9.17) is 0 Å². The molecule has 1 atom stereocenters. The third-order valence-corrected chi connectivity index (χ3v) is 5.17. The number of anilines is 1. The first-order valence-corrected chi connectivity index (χ1v) is 8.54. The number of nitrogens with zero attached hydrogens (tertiary/aromatic N) is 1. The van der Waals surface area contributed by atoms with Gasteiger partial charge in [0.1, 0.15) is 0 Å². The van der Waals surface area contributed by atoms with Crippen LogP contribution in [0, 0.1) is 0 Å². The summed E-state index contributed by atoms with van der Waals surface area (Å²) >= 11 is 0. The standard InChI is InChI=1S/C14H20F2N2O2S/c1-3-17-10(2)11-6-7-13-12(9-11)5-4-8-18(13)21(19,20)14(15)16/h6-7,9-10,14,17H,3-5,8H2,1-2H3. The average molecular weight is 318 g/mol. The summed E-state index contributed by atoms with van der Waals surface area (Å²) in [6.45, 7) is 4.96. The van der Waals surface area contributed by atoms with Crippen LogP contribution in [0.5, 0.6) is 0 Å². The topological polar surface area (TPSA) is 49.4 Å². The van der Waals surface area contributed by atoms with Crippen molar-refractivity contribution in [3.63, 3.8) is 0 Å². The molecule has 7 heteroatoms. The van der Waals surface area contributed by atoms with Gasteiger partial charge >= 0.3 is 5.76 Å². The highest BCUT2D eigenvalue weighted by Crippen LogP contribution is 2.33. The number of nitrogens with one attached hydrogen (secondary N) is 1. The molecular weight excluding hydrogens is 298 g/mol. The zero-order valence-corrected chi connectivity index (χ0v) is 13.0. The van der Waals surface area contributed by atoms with Crippen LogP contribution in [0.4, 0.5) is 14.5 Å². The second kappa shape index (κ2) is 6.27. The smallest absolute Gasteiger partial charge is 0.310 e. The summed E-state index contributed by atoms with van der Waals surface area (Å²) < 4.78 is 49.8. The van der Waals surface area contributed by atoms with Gasteiger partial charge in [-0.05, 0) is 43.5 Å². The summed E-state index contributed by atoms with van der Waals surface area (Å²) in [5.74, 6) is -3.39. The molecule has 0 aliphatic carbocycles. The lowest BCUT2D eigenvalue weighted by Crippen LogP contribution is -2.39. The molecule has 2 rings (SSSR count). The minimum absolute atomic E-state index is 0.113. The van der Waals surface area contributed by atoms with Crippen molar-refractivity contribution >= 4 is 15.7 Å². The Bertz CT molecular complexity index is 605. The van der Waals surface area contributed by atoms with Gasteiger partial charge in [0, 0.05) is 12.6 Å². The fourth-order valence-electron chi connectivity index (χ4n) is 2.64. The predicted octanol–water partition coefficient (Wildman–Crippen LogP) is 2.66. The van der Waals surface area contributed by atoms with E-state index in [0.717, 1.165) is 22.0 Å². The quantitative estimate of drug-likeness (QED) is 0.908. The van der Waals surface area contributed by atoms with Gasteiger partial charge < -0.3 is 5.32 Å². The number of alkyl halides is 2. The van der Waals surface area contributed by atoms with Gasteiger partial charge in [0.25, 0.3) is 10.0 Å². The Morgan fingerprint density at radius 3 is 2.71 bits per heavy atom. The minimum Gasteiger partial charge on any atom is -0.310 e. The molecule has 1 aliphatic rings. The molecule has 0 saturated heterocycles. The Kier molecular flexibility index (Phi) is 4.83. The zero-order valence-electron chi connectivity index (χ0n) is 12.1. The van der Waals surface area contributed by atoms with Crippen molar-refractivity contribution in [2.45, 2.75) is 38.5 Å². The van der Waals surface area contributed by atoms with Crippen molar-refractivity contribution in [1.29, 1.82) is 0 Å². The molecule has 1 heterocycles. The summed E-state index contributed by atoms with van der Waals surface area (Å²) in [7, 11) is -4.57. The number of hydrogen-bond acceptors (Lipinski definition) is 3. The van der Waals surface area contributed by atoms with Crippen molar-refractivity contribution in [2.75, 3.05) is 17.4 Å². The van der Waals surface area contributed by atoms with Crippen LogP contribution >= 0.6 is 0 Å². The van der Waals surface area contributed by atoms with Gasteiger partial charge in [-0.25, -0.2) is 8.42 Å². The third kappa shape index (κ3) is 3.18. The maximum Gasteiger partial charge on any atom is 0.355 e. The molecule has 0 aromatic heterocycles. The van der Waals surface area contributed by atoms with Crippen molar-refractivity contribution in [2.24, 2.45) is 0 Å². The summed E-state index contributed by atoms with van der Waals surface area (Å²) in [6.07, 6.45) is 1.26. The number of rotatable bonds is 5. The van der Waals surface area contributed by atoms with Crippen LogP contribution in [0.2, 0.25) is 0 Å². The third-order valence-electron chi connectivity index (χ3n) is 3.72. The molecule has 4 nitrogen and oxygen atoms in total. The normalized spacial score (nSPS) is 16.9. The van der Waals surface area contributed by atoms with Crippen molar-refractivity contribution < 1.29 is 17.2 Å². The van der Waals surface area contributed by atoms with E-state index in [-0.39, 0.29) is 12.6 Å². The molecule has 0 spiro atoms. The molecule has 1 N–H and O–H groups in total. The number of fused-ring (bicyclic) bond motifs is 1. The highest BCUT2D eigenvalue weighted by molar-refractivity contribution is 7.93. The second-order valence-electron chi connectivity index (χ2n) is 5.15. The van der Waals surface area contributed by atoms with E-state index < -0.39 is 15.8 Å². The molecule has 1 aromatic carbocycles. The molecule has 0 amide bonds. The van der Waals surface area contributed by atoms with Gasteiger partial charge in [0.15, 0.2) is 0 Å². The Hall–Kier alpha value is -1.21. The van der Waals surface area contributed by atoms with Crippen LogP contribution in [0.1, 0.15) is 37.4 Å². The van der Waals surface area contributed by atoms with E-state index in [1.165, 1.54) is 0 Å². The molecule has 1 aliphatic heterocycles. The average Bonchev–Trinajstić information content (AvgIpc) is 2.46. The minimum atomic E-state index is -4.57. The van der Waals surface area contributed by atoms with E-state index in [2.05, 4.69) is 5.32 Å². The first-order chi connectivity index (χ1) is 9.87. The first-order valence-electron chi connectivity index (χ1n) is 7.03. The van der Waals surface area contributed by atoms with Crippen LogP contribution in [0.3, 0.4) is 0 Å². The van der Waals surface area contributed by atoms with Gasteiger partial charge in [0.2, 0.25) is 0 Å². The summed E-state index contributed by atoms with van der Waals surface area (Å²) in [4.78, 5) is 0. The van der Waals surface area contributed by atoms with Crippen molar-refractivity contribution in [3.05, 3.63) is 29.3 Å². The van der Waals surface area contributed by atoms with E-state index in [0.29, 0.717) is 18.5 Å². The van der Waals surface area contributed by atoms with Crippen molar-refractivity contribution in [1.82, 2.24) is 5.32 Å². The van der Waals surface area contributed by atoms with E-state index in [1.54, 1.807) is 12.1 Å². The number of hydrogen-bond donors (Lipinski definition) is 1. The maximum atomic E-state index is 12.8. The molecular formula is C14H20F2N2O2S. The largest absolute Gasteiger partial charge is 0.355 e. The Balaban J connectivity index is 2.37. The van der Waals surface area contributed by atoms with Crippen LogP contribution in [0.25, 0.3) is 0 Å². The molecule has 1 aromatic rings. The highest BCUT2D eigenvalue weighted by atomic mass is 32.2. The molecule has 0 fully saturated rings. The van der Waals surface area contributed by atoms with Gasteiger partial charge in [-0.3, -0.25) is 4.31 Å². The van der Waals surface area contributed by atoms with Crippen molar-refractivity contribution in [3.8, 4) is 0 Å². The fraction of sp³-hybridized carbons (Fsp3) is 0.571. The lowest BCUT2D eigenvalue weighted by Gasteiger charge is -2.30. The van der Waals surface area contributed by atoms with Gasteiger partial charge in [-0.2, -0.15) is 8.78 Å². The first kappa shape index (κ1) is 16.2. The second-order valence-corrected chi connectivity index (χ2v) is 6.98. The van der Waals surface area contributed by atoms with E-state index in [9.17, 15) is 17.2 Å². The maximum absolute atomic E-state index is 12.8. The SMILES string of the molecule is CCNC(C)c1ccc2c(c1)CCCN2S(=O)(=O)C(F)F. The molecule has 0 saturated carbocycles. The van der Waals surface area contributed by atoms with E-state index >= 15 is 0 Å². The van der Waals surface area contributed by atoms with Gasteiger partial charge in [-0.1, -0.05) is 19.1 Å². The number of benzene rings is 1. The lowest BCUT2D eigenvalue weighted by atomic mass is 9.98. The monoisotopic (exact) mass is 318 g/mol. The van der Waals surface area contributed by atoms with Crippen LogP contribution in [-0.4, -0.2) is 27.3 Å². The lowest BCUT2D eigenvalue weighted by molar-refractivity contribution is 0.234. The number of halogens is 2. The number of aryl methyl sites for hydroxylation is 1. The number of sulfonamides is 1. The molecule has 21 heavy (non-hydrogen) atoms. The summed E-state index contributed by atoms with van der Waals surface area (Å²) in [6, 6.07) is 5.49. The Labute approximate surface area is 124 Å². The zero-order chi connectivity index (χ0) is 15.6. The summed E-state index contributed by atoms with van der Waals surface area (Å²) in [5.41, 5.74) is 2.23. The fourth-order valence-corrected chi connectivity index (χ4v) is 3.66. The van der Waals surface area contributed by atoms with Gasteiger partial charge in [-0.15, -0.1) is 0 Å². The molecule has 1 unspecified atom stereocenters. The van der Waals surface area contributed by atoms with Gasteiger partial charge in [0.05, 0.1) is 5.69 Å². The summed E-state index contributed by atoms with van der Waals surface area (Å²) in [5, 5.41) is 3.28. The van der Waals surface area contributed by atoms with Crippen LogP contribution < -0.4 is 9.62 Å². The Morgan fingerprint density at radius 1 is 1.38 bits per heavy atom. The van der Waals surface area contributed by atoms with Crippen LogP contribution in [-0.2, 0) is 16.4 Å².